The normalized spacial score (nSPS) is 14.7. The third-order valence-electron chi connectivity index (χ3n) is 3.59. The number of para-hydroxylation sites is 1. The van der Waals surface area contributed by atoms with Crippen LogP contribution in [-0.2, 0) is 9.59 Å². The van der Waals surface area contributed by atoms with Gasteiger partial charge in [0.05, 0.1) is 17.0 Å². The van der Waals surface area contributed by atoms with E-state index < -0.39 is 5.91 Å². The molecule has 7 nitrogen and oxygen atoms in total. The average Bonchev–Trinajstić information content (AvgIpc) is 2.98. The number of nitrogens with two attached hydrogens (primary N) is 1. The molecule has 0 atom stereocenters. The summed E-state index contributed by atoms with van der Waals surface area (Å²) in [5.74, 6) is -0.182. The number of amides is 2. The van der Waals surface area contributed by atoms with Crippen molar-refractivity contribution in [2.45, 2.75) is 0 Å². The molecule has 0 spiro atoms. The van der Waals surface area contributed by atoms with Gasteiger partial charge < -0.3 is 20.5 Å². The van der Waals surface area contributed by atoms with E-state index in [1.54, 1.807) is 30.3 Å². The first kappa shape index (κ1) is 19.8. The summed E-state index contributed by atoms with van der Waals surface area (Å²) in [4.78, 5) is 27.8. The van der Waals surface area contributed by atoms with Crippen molar-refractivity contribution in [3.63, 3.8) is 0 Å². The molecule has 0 saturated carbocycles. The molecule has 0 aromatic heterocycles. The molecule has 0 aliphatic carbocycles. The Morgan fingerprint density at radius 3 is 2.71 bits per heavy atom. The van der Waals surface area contributed by atoms with Crippen molar-refractivity contribution in [2.24, 2.45) is 10.7 Å². The lowest BCUT2D eigenvalue weighted by Gasteiger charge is -2.13. The topological polar surface area (TPSA) is 103 Å². The number of thioether (sulfide) groups is 1. The molecule has 3 N–H and O–H groups in total. The maximum atomic E-state index is 12.1. The Balaban J connectivity index is 1.72. The van der Waals surface area contributed by atoms with Gasteiger partial charge in [-0.05, 0) is 47.7 Å². The number of hydrogen-bond donors (Lipinski definition) is 2. The van der Waals surface area contributed by atoms with Gasteiger partial charge in [0.2, 0.25) is 0 Å². The van der Waals surface area contributed by atoms with Crippen molar-refractivity contribution in [3.05, 3.63) is 58.0 Å². The minimum Gasteiger partial charge on any atom is -0.493 e. The van der Waals surface area contributed by atoms with Crippen molar-refractivity contribution in [2.75, 3.05) is 19.0 Å². The molecule has 1 aliphatic heterocycles. The maximum Gasteiger partial charge on any atom is 0.286 e. The molecule has 0 radical (unpaired) electrons. The number of hydrogen-bond acceptors (Lipinski definition) is 6. The first-order chi connectivity index (χ1) is 13.5. The number of aliphatic imine (C=N–C) groups is 1. The molecule has 9 heteroatoms. The Morgan fingerprint density at radius 2 is 2.07 bits per heavy atom. The number of benzene rings is 2. The van der Waals surface area contributed by atoms with Crippen LogP contribution in [0.5, 0.6) is 11.5 Å². The Kier molecular flexibility index (Phi) is 6.23. The summed E-state index contributed by atoms with van der Waals surface area (Å²) in [5.41, 5.74) is 6.82. The third kappa shape index (κ3) is 4.85. The number of anilines is 1. The number of amidine groups is 1. The van der Waals surface area contributed by atoms with Gasteiger partial charge in [-0.15, -0.1) is 0 Å². The van der Waals surface area contributed by atoms with Crippen molar-refractivity contribution in [3.8, 4) is 11.5 Å². The van der Waals surface area contributed by atoms with Crippen LogP contribution >= 0.6 is 23.4 Å². The van der Waals surface area contributed by atoms with E-state index in [-0.39, 0.29) is 28.5 Å². The number of carbonyl (C=O) groups excluding carboxylic acids is 2. The highest BCUT2D eigenvalue weighted by molar-refractivity contribution is 8.18. The van der Waals surface area contributed by atoms with Crippen molar-refractivity contribution in [1.82, 2.24) is 0 Å². The zero-order chi connectivity index (χ0) is 20.1. The highest BCUT2D eigenvalue weighted by Gasteiger charge is 2.20. The van der Waals surface area contributed by atoms with Gasteiger partial charge in [-0.3, -0.25) is 9.59 Å². The fraction of sp³-hybridized carbons (Fsp3) is 0.105. The Labute approximate surface area is 170 Å². The highest BCUT2D eigenvalue weighted by Crippen LogP contribution is 2.38. The van der Waals surface area contributed by atoms with E-state index in [1.807, 2.05) is 18.2 Å². The highest BCUT2D eigenvalue weighted by atomic mass is 35.5. The first-order valence-corrected chi connectivity index (χ1v) is 9.29. The van der Waals surface area contributed by atoms with Crippen LogP contribution in [0.1, 0.15) is 5.56 Å². The summed E-state index contributed by atoms with van der Waals surface area (Å²) in [6.07, 6.45) is 1.61. The number of carbonyl (C=O) groups is 2. The van der Waals surface area contributed by atoms with Gasteiger partial charge in [0.1, 0.15) is 0 Å². The maximum absolute atomic E-state index is 12.1. The molecule has 0 bridgehead atoms. The number of methoxy groups -OCH3 is 1. The molecule has 1 aliphatic rings. The number of rotatable bonds is 6. The van der Waals surface area contributed by atoms with E-state index in [0.717, 1.165) is 11.8 Å². The average molecular weight is 418 g/mol. The van der Waals surface area contributed by atoms with Crippen molar-refractivity contribution >= 4 is 52.1 Å². The lowest BCUT2D eigenvalue weighted by molar-refractivity contribution is -0.118. The van der Waals surface area contributed by atoms with Crippen LogP contribution in [0, 0.1) is 0 Å². The van der Waals surface area contributed by atoms with Crippen LogP contribution in [0.25, 0.3) is 6.08 Å². The van der Waals surface area contributed by atoms with E-state index in [4.69, 9.17) is 26.8 Å². The Morgan fingerprint density at radius 1 is 1.32 bits per heavy atom. The molecular weight excluding hydrogens is 402 g/mol. The minimum atomic E-state index is -0.407. The fourth-order valence-electron chi connectivity index (χ4n) is 2.40. The lowest BCUT2D eigenvalue weighted by atomic mass is 10.2. The van der Waals surface area contributed by atoms with Gasteiger partial charge in [0.15, 0.2) is 23.3 Å². The zero-order valence-electron chi connectivity index (χ0n) is 14.8. The zero-order valence-corrected chi connectivity index (χ0v) is 16.3. The van der Waals surface area contributed by atoms with Crippen LogP contribution in [0.15, 0.2) is 52.4 Å². The van der Waals surface area contributed by atoms with Crippen molar-refractivity contribution < 1.29 is 19.1 Å². The van der Waals surface area contributed by atoms with Crippen LogP contribution in [0.4, 0.5) is 5.69 Å². The van der Waals surface area contributed by atoms with E-state index in [2.05, 4.69) is 10.3 Å². The smallest absolute Gasteiger partial charge is 0.286 e. The standard InChI is InChI=1S/C19H16ClN3O4S/c1-26-14-8-11(9-15-18(25)23-19(21)28-15)7-13(20)17(14)27-10-16(24)22-12-5-3-2-4-6-12/h2-9H,10H2,1H3,(H,22,24)(H2,21,23,25). The lowest BCUT2D eigenvalue weighted by Crippen LogP contribution is -2.20. The fourth-order valence-corrected chi connectivity index (χ4v) is 3.35. The van der Waals surface area contributed by atoms with E-state index in [9.17, 15) is 9.59 Å². The third-order valence-corrected chi connectivity index (χ3v) is 4.69. The van der Waals surface area contributed by atoms with Gasteiger partial charge in [-0.2, -0.15) is 4.99 Å². The van der Waals surface area contributed by atoms with E-state index in [0.29, 0.717) is 21.9 Å². The second-order valence-electron chi connectivity index (χ2n) is 5.60. The van der Waals surface area contributed by atoms with E-state index in [1.165, 1.54) is 7.11 Å². The second kappa shape index (κ2) is 8.81. The number of nitrogens with one attached hydrogen (secondary N) is 1. The molecule has 28 heavy (non-hydrogen) atoms. The van der Waals surface area contributed by atoms with Gasteiger partial charge >= 0.3 is 0 Å². The first-order valence-electron chi connectivity index (χ1n) is 8.09. The monoisotopic (exact) mass is 417 g/mol. The van der Waals surface area contributed by atoms with Gasteiger partial charge in [0.25, 0.3) is 11.8 Å². The van der Waals surface area contributed by atoms with Crippen molar-refractivity contribution in [1.29, 1.82) is 0 Å². The molecule has 0 fully saturated rings. The number of nitrogens with zero attached hydrogens (tertiary/aromatic N) is 1. The second-order valence-corrected chi connectivity index (χ2v) is 7.07. The van der Waals surface area contributed by atoms with Gasteiger partial charge in [0, 0.05) is 5.69 Å². The summed E-state index contributed by atoms with van der Waals surface area (Å²) >= 11 is 7.37. The van der Waals surface area contributed by atoms with Gasteiger partial charge in [-0.1, -0.05) is 29.8 Å². The number of halogens is 1. The van der Waals surface area contributed by atoms with Crippen LogP contribution < -0.4 is 20.5 Å². The summed E-state index contributed by atoms with van der Waals surface area (Å²) in [6.45, 7) is -0.246. The Bertz CT molecular complexity index is 977. The molecule has 1 heterocycles. The molecule has 0 saturated heterocycles. The molecule has 144 valence electrons. The quantitative estimate of drug-likeness (QED) is 0.699. The summed E-state index contributed by atoms with van der Waals surface area (Å²) < 4.78 is 10.9. The van der Waals surface area contributed by atoms with Crippen LogP contribution in [0.2, 0.25) is 5.02 Å². The van der Waals surface area contributed by atoms with Crippen LogP contribution in [-0.4, -0.2) is 30.7 Å². The molecule has 0 unspecified atom stereocenters. The minimum absolute atomic E-state index is 0.193. The van der Waals surface area contributed by atoms with E-state index >= 15 is 0 Å². The van der Waals surface area contributed by atoms with Gasteiger partial charge in [-0.25, -0.2) is 0 Å². The molecule has 2 amide bonds. The summed E-state index contributed by atoms with van der Waals surface area (Å²) in [6, 6.07) is 12.3. The van der Waals surface area contributed by atoms with Crippen LogP contribution in [0.3, 0.4) is 0 Å². The summed E-state index contributed by atoms with van der Waals surface area (Å²) in [5, 5.41) is 3.15. The summed E-state index contributed by atoms with van der Waals surface area (Å²) in [7, 11) is 1.45. The number of ether oxygens (including phenoxy) is 2. The largest absolute Gasteiger partial charge is 0.493 e. The SMILES string of the molecule is COc1cc(C=C2SC(N)=NC2=O)cc(Cl)c1OCC(=O)Nc1ccccc1. The predicted octanol–water partition coefficient (Wildman–Crippen LogP) is 3.30. The molecule has 3 rings (SSSR count). The molecule has 2 aromatic carbocycles. The Hall–Kier alpha value is -2.97. The molecule has 2 aromatic rings. The predicted molar refractivity (Wildman–Crippen MR) is 111 cm³/mol. The molecular formula is C19H16ClN3O4S.